The molecule has 0 atom stereocenters. The van der Waals surface area contributed by atoms with E-state index in [2.05, 4.69) is 15.5 Å². The number of alkyl halides is 3. The number of nitriles is 1. The first-order valence-electron chi connectivity index (χ1n) is 10.9. The molecular formula is C26H16F4N6O. The number of nitrogens with one attached hydrogen (secondary N) is 1. The maximum atomic E-state index is 15.0. The Labute approximate surface area is 207 Å². The summed E-state index contributed by atoms with van der Waals surface area (Å²) in [7, 11) is 1.53. The first-order valence-corrected chi connectivity index (χ1v) is 10.9. The second-order valence-electron chi connectivity index (χ2n) is 8.15. The summed E-state index contributed by atoms with van der Waals surface area (Å²) in [6.45, 7) is 0. The lowest BCUT2D eigenvalue weighted by molar-refractivity contribution is -0.137. The van der Waals surface area contributed by atoms with Gasteiger partial charge in [0.15, 0.2) is 0 Å². The number of fused-ring (bicyclic) bond motifs is 1. The molecule has 0 bridgehead atoms. The van der Waals surface area contributed by atoms with Crippen LogP contribution in [0.5, 0.6) is 0 Å². The van der Waals surface area contributed by atoms with Crippen LogP contribution in [-0.4, -0.2) is 25.3 Å². The fraction of sp³-hybridized carbons (Fsp3) is 0.0769. The van der Waals surface area contributed by atoms with Gasteiger partial charge in [-0.15, -0.1) is 0 Å². The molecular weight excluding hydrogens is 488 g/mol. The van der Waals surface area contributed by atoms with Gasteiger partial charge in [0.1, 0.15) is 17.6 Å². The fourth-order valence-corrected chi connectivity index (χ4v) is 3.97. The van der Waals surface area contributed by atoms with Gasteiger partial charge in [-0.3, -0.25) is 9.48 Å². The molecule has 0 radical (unpaired) electrons. The zero-order chi connectivity index (χ0) is 26.3. The largest absolute Gasteiger partial charge is 0.417 e. The van der Waals surface area contributed by atoms with Crippen LogP contribution in [0, 0.1) is 17.1 Å². The van der Waals surface area contributed by atoms with E-state index in [0.717, 1.165) is 6.07 Å². The van der Waals surface area contributed by atoms with Crippen LogP contribution >= 0.6 is 0 Å². The third kappa shape index (κ3) is 4.40. The molecule has 11 heteroatoms. The first kappa shape index (κ1) is 23.7. The number of anilines is 1. The van der Waals surface area contributed by atoms with Gasteiger partial charge in [0.05, 0.1) is 33.6 Å². The van der Waals surface area contributed by atoms with Crippen molar-refractivity contribution in [2.45, 2.75) is 6.18 Å². The Bertz CT molecular complexity index is 1700. The van der Waals surface area contributed by atoms with Gasteiger partial charge in [-0.2, -0.15) is 28.6 Å². The second-order valence-corrected chi connectivity index (χ2v) is 8.15. The van der Waals surface area contributed by atoms with Crippen LogP contribution in [0.2, 0.25) is 0 Å². The zero-order valence-electron chi connectivity index (χ0n) is 19.1. The minimum atomic E-state index is -4.87. The molecule has 0 fully saturated rings. The molecule has 1 amide bonds. The van der Waals surface area contributed by atoms with Crippen molar-refractivity contribution in [2.75, 3.05) is 5.32 Å². The quantitative estimate of drug-likeness (QED) is 0.319. The van der Waals surface area contributed by atoms with E-state index in [-0.39, 0.29) is 11.4 Å². The SMILES string of the molecule is Cn1ccc(-c2cc(C(=O)Nc3c(-c4ccccc4)nn4cc(C#N)ccc34)c(F)cc2C(F)(F)F)n1. The normalized spacial score (nSPS) is 11.5. The molecule has 0 saturated heterocycles. The molecule has 5 aromatic rings. The summed E-state index contributed by atoms with van der Waals surface area (Å²) in [5.41, 5.74) is -0.436. The summed E-state index contributed by atoms with van der Waals surface area (Å²) < 4.78 is 58.8. The smallest absolute Gasteiger partial charge is 0.318 e. The number of pyridine rings is 1. The highest BCUT2D eigenvalue weighted by Gasteiger charge is 2.36. The van der Waals surface area contributed by atoms with E-state index >= 15 is 0 Å². The van der Waals surface area contributed by atoms with Crippen molar-refractivity contribution < 1.29 is 22.4 Å². The monoisotopic (exact) mass is 504 g/mol. The number of halogens is 4. The van der Waals surface area contributed by atoms with E-state index in [9.17, 15) is 27.6 Å². The van der Waals surface area contributed by atoms with Gasteiger partial charge < -0.3 is 5.32 Å². The molecule has 0 spiro atoms. The number of hydrogen-bond acceptors (Lipinski definition) is 4. The molecule has 2 aromatic carbocycles. The number of aromatic nitrogens is 4. The molecule has 0 aliphatic carbocycles. The third-order valence-electron chi connectivity index (χ3n) is 5.69. The van der Waals surface area contributed by atoms with Crippen LogP contribution in [-0.2, 0) is 13.2 Å². The average molecular weight is 504 g/mol. The van der Waals surface area contributed by atoms with Gasteiger partial charge in [-0.05, 0) is 30.3 Å². The van der Waals surface area contributed by atoms with Gasteiger partial charge >= 0.3 is 6.18 Å². The van der Waals surface area contributed by atoms with Crippen molar-refractivity contribution in [2.24, 2.45) is 7.05 Å². The minimum absolute atomic E-state index is 0.0612. The summed E-state index contributed by atoms with van der Waals surface area (Å²) >= 11 is 0. The minimum Gasteiger partial charge on any atom is -0.318 e. The molecule has 1 N–H and O–H groups in total. The number of benzene rings is 2. The van der Waals surface area contributed by atoms with Crippen LogP contribution in [0.3, 0.4) is 0 Å². The molecule has 7 nitrogen and oxygen atoms in total. The Morgan fingerprint density at radius 1 is 1.05 bits per heavy atom. The Morgan fingerprint density at radius 2 is 1.81 bits per heavy atom. The topological polar surface area (TPSA) is 88.0 Å². The van der Waals surface area contributed by atoms with Crippen LogP contribution in [0.1, 0.15) is 21.5 Å². The van der Waals surface area contributed by atoms with Crippen LogP contribution in [0.4, 0.5) is 23.2 Å². The molecule has 0 unspecified atom stereocenters. The summed E-state index contributed by atoms with van der Waals surface area (Å²) in [5.74, 6) is -2.31. The Morgan fingerprint density at radius 3 is 2.46 bits per heavy atom. The van der Waals surface area contributed by atoms with Gasteiger partial charge in [-0.25, -0.2) is 8.91 Å². The zero-order valence-corrected chi connectivity index (χ0v) is 19.1. The van der Waals surface area contributed by atoms with Gasteiger partial charge in [-0.1, -0.05) is 30.3 Å². The first-order chi connectivity index (χ1) is 17.7. The highest BCUT2D eigenvalue weighted by atomic mass is 19.4. The molecule has 5 rings (SSSR count). The van der Waals surface area contributed by atoms with Crippen molar-refractivity contribution in [3.05, 3.63) is 95.6 Å². The number of rotatable bonds is 4. The number of carbonyl (C=O) groups excluding carboxylic acids is 1. The molecule has 0 saturated carbocycles. The maximum absolute atomic E-state index is 15.0. The molecule has 0 aliphatic rings. The number of nitrogens with zero attached hydrogens (tertiary/aromatic N) is 5. The lowest BCUT2D eigenvalue weighted by atomic mass is 9.99. The van der Waals surface area contributed by atoms with Crippen molar-refractivity contribution in [3.63, 3.8) is 0 Å². The number of hydrogen-bond donors (Lipinski definition) is 1. The second kappa shape index (κ2) is 8.91. The van der Waals surface area contributed by atoms with E-state index in [1.165, 1.54) is 40.8 Å². The van der Waals surface area contributed by atoms with Crippen molar-refractivity contribution in [3.8, 4) is 28.6 Å². The van der Waals surface area contributed by atoms with Crippen molar-refractivity contribution in [1.82, 2.24) is 19.4 Å². The average Bonchev–Trinajstić information content (AvgIpc) is 3.47. The molecule has 37 heavy (non-hydrogen) atoms. The van der Waals surface area contributed by atoms with E-state index in [0.29, 0.717) is 28.4 Å². The number of amides is 1. The highest BCUT2D eigenvalue weighted by Crippen LogP contribution is 2.38. The molecule has 3 aromatic heterocycles. The lowest BCUT2D eigenvalue weighted by Crippen LogP contribution is -2.17. The van der Waals surface area contributed by atoms with Gasteiger partial charge in [0.2, 0.25) is 0 Å². The van der Waals surface area contributed by atoms with E-state index in [4.69, 9.17) is 0 Å². The van der Waals surface area contributed by atoms with E-state index in [1.54, 1.807) is 36.4 Å². The number of aryl methyl sites for hydroxylation is 1. The standard InChI is InChI=1S/C26H16F4N6O/c1-35-10-9-21(33-35)17-11-18(20(27)12-19(17)26(28,29)30)25(37)32-24-22-8-7-15(13-31)14-36(22)34-23(24)16-5-3-2-4-6-16/h2-12,14H,1H3,(H,32,37). The third-order valence-corrected chi connectivity index (χ3v) is 5.69. The van der Waals surface area contributed by atoms with Gasteiger partial charge in [0.25, 0.3) is 5.91 Å². The van der Waals surface area contributed by atoms with E-state index < -0.39 is 34.6 Å². The van der Waals surface area contributed by atoms with Crippen molar-refractivity contribution >= 4 is 17.1 Å². The maximum Gasteiger partial charge on any atom is 0.417 e. The molecule has 184 valence electrons. The summed E-state index contributed by atoms with van der Waals surface area (Å²) in [4.78, 5) is 13.3. The van der Waals surface area contributed by atoms with Crippen LogP contribution < -0.4 is 5.32 Å². The van der Waals surface area contributed by atoms with Crippen molar-refractivity contribution in [1.29, 1.82) is 5.26 Å². The van der Waals surface area contributed by atoms with Crippen LogP contribution in [0.15, 0.2) is 73.1 Å². The Hall–Kier alpha value is -4.98. The lowest BCUT2D eigenvalue weighted by Gasteiger charge is -2.14. The molecule has 3 heterocycles. The highest BCUT2D eigenvalue weighted by molar-refractivity contribution is 6.09. The summed E-state index contributed by atoms with van der Waals surface area (Å²) in [5, 5.41) is 20.3. The predicted molar refractivity (Wildman–Crippen MR) is 127 cm³/mol. The Kier molecular flexibility index (Phi) is 5.72. The molecule has 0 aliphatic heterocycles. The summed E-state index contributed by atoms with van der Waals surface area (Å²) in [6.07, 6.45) is -1.96. The summed E-state index contributed by atoms with van der Waals surface area (Å²) in [6, 6.07) is 16.4. The predicted octanol–water partition coefficient (Wildman–Crippen LogP) is 5.68. The number of carbonyl (C=O) groups is 1. The van der Waals surface area contributed by atoms with E-state index in [1.807, 2.05) is 6.07 Å². The fourth-order valence-electron chi connectivity index (χ4n) is 3.97. The Balaban J connectivity index is 1.64. The van der Waals surface area contributed by atoms with Crippen LogP contribution in [0.25, 0.3) is 28.0 Å². The van der Waals surface area contributed by atoms with Gasteiger partial charge in [0, 0.05) is 30.6 Å².